The highest BCUT2D eigenvalue weighted by Crippen LogP contribution is 2.33. The smallest absolute Gasteiger partial charge is 0.335 e. The Bertz CT molecular complexity index is 2520. The third kappa shape index (κ3) is 32.0. The molecular formula is C70H94O13. The van der Waals surface area contributed by atoms with E-state index in [2.05, 4.69) is 95.3 Å². The summed E-state index contributed by atoms with van der Waals surface area (Å²) in [4.78, 5) is 55.4. The molecule has 452 valence electrons. The van der Waals surface area contributed by atoms with E-state index in [9.17, 15) is 24.0 Å². The maximum absolute atomic E-state index is 11.4. The molecule has 0 saturated heterocycles. The first-order valence-corrected chi connectivity index (χ1v) is 26.4. The summed E-state index contributed by atoms with van der Waals surface area (Å²) in [7, 11) is 0. The standard InChI is InChI=1S/C30H38O4.C25H28O6.C11H12O3.4CH4/c1-3-29(31)33-23-11-7-5-9-13-25-15-19-27(20-16-25)28-21-17-26(18-22-28)14-10-6-8-12-24-34-30(32)4-2;1-17(2)23(26)30-15-28-21-11-7-19(8-12-21)25(5,6)20-9-13-22(14-10-20)29-16-31-24(27)18(3)4;1-2-11(12)14-9-8-13-10-6-4-3-5-7-10;;;;/h3-4,15-22H,1-2,5-14,23-24H2;7-14H,1,3,15-16H2,2,4-6H3;2-7H,1,8-9H2;4*1H4. The maximum atomic E-state index is 11.4. The summed E-state index contributed by atoms with van der Waals surface area (Å²) in [5, 5.41) is 0. The number of para-hydroxylation sites is 1. The van der Waals surface area contributed by atoms with Gasteiger partial charge in [0.15, 0.2) is 0 Å². The number of unbranched alkanes of at least 4 members (excludes halogenated alkanes) is 6. The average molecular weight is 1140 g/mol. The van der Waals surface area contributed by atoms with Crippen molar-refractivity contribution >= 4 is 29.8 Å². The zero-order valence-corrected chi connectivity index (χ0v) is 46.5. The molecule has 13 heteroatoms. The predicted molar refractivity (Wildman–Crippen MR) is 336 cm³/mol. The van der Waals surface area contributed by atoms with Gasteiger partial charge in [-0.15, -0.1) is 0 Å². The van der Waals surface area contributed by atoms with Crippen molar-refractivity contribution in [3.63, 3.8) is 0 Å². The van der Waals surface area contributed by atoms with Crippen LogP contribution in [0.15, 0.2) is 190 Å². The van der Waals surface area contributed by atoms with Gasteiger partial charge in [0.05, 0.1) is 13.2 Å². The Morgan fingerprint density at radius 1 is 0.398 bits per heavy atom. The van der Waals surface area contributed by atoms with Crippen LogP contribution in [0.4, 0.5) is 0 Å². The van der Waals surface area contributed by atoms with Crippen LogP contribution >= 0.6 is 0 Å². The van der Waals surface area contributed by atoms with E-state index >= 15 is 0 Å². The normalized spacial score (nSPS) is 9.83. The number of ether oxygens (including phenoxy) is 8. The fourth-order valence-corrected chi connectivity index (χ4v) is 7.29. The van der Waals surface area contributed by atoms with Crippen molar-refractivity contribution in [2.75, 3.05) is 40.0 Å². The highest BCUT2D eigenvalue weighted by atomic mass is 16.7. The minimum absolute atomic E-state index is 0. The molecule has 5 aromatic carbocycles. The molecule has 83 heavy (non-hydrogen) atoms. The van der Waals surface area contributed by atoms with Crippen molar-refractivity contribution < 1.29 is 61.9 Å². The van der Waals surface area contributed by atoms with Gasteiger partial charge in [-0.05, 0) is 122 Å². The molecule has 0 heterocycles. The molecule has 0 radical (unpaired) electrons. The number of esters is 5. The molecule has 5 rings (SSSR count). The summed E-state index contributed by atoms with van der Waals surface area (Å²) in [6.07, 6.45) is 14.2. The van der Waals surface area contributed by atoms with Crippen LogP contribution in [0.3, 0.4) is 0 Å². The number of rotatable bonds is 32. The van der Waals surface area contributed by atoms with Crippen molar-refractivity contribution in [3.8, 4) is 28.4 Å². The van der Waals surface area contributed by atoms with E-state index in [1.54, 1.807) is 13.8 Å². The number of hydrogen-bond donors (Lipinski definition) is 0. The molecule has 0 aliphatic heterocycles. The van der Waals surface area contributed by atoms with Gasteiger partial charge < -0.3 is 37.9 Å². The lowest BCUT2D eigenvalue weighted by Crippen LogP contribution is -2.19. The van der Waals surface area contributed by atoms with E-state index in [0.29, 0.717) is 42.5 Å². The Kier molecular flexibility index (Phi) is 40.8. The van der Waals surface area contributed by atoms with Crippen molar-refractivity contribution in [3.05, 3.63) is 212 Å². The third-order valence-electron chi connectivity index (χ3n) is 12.0. The van der Waals surface area contributed by atoms with Crippen molar-refractivity contribution in [1.82, 2.24) is 0 Å². The Balaban J connectivity index is 0. The lowest BCUT2D eigenvalue weighted by atomic mass is 9.78. The first-order valence-electron chi connectivity index (χ1n) is 26.4. The van der Waals surface area contributed by atoms with Crippen LogP contribution in [0.2, 0.25) is 0 Å². The summed E-state index contributed by atoms with van der Waals surface area (Å²) < 4.78 is 40.8. The minimum atomic E-state index is -0.487. The molecule has 0 aromatic heterocycles. The van der Waals surface area contributed by atoms with Crippen LogP contribution in [0.1, 0.15) is 131 Å². The highest BCUT2D eigenvalue weighted by Gasteiger charge is 2.23. The molecule has 0 amide bonds. The van der Waals surface area contributed by atoms with Crippen LogP contribution < -0.4 is 14.2 Å². The first kappa shape index (κ1) is 76.6. The van der Waals surface area contributed by atoms with Gasteiger partial charge in [-0.3, -0.25) is 0 Å². The molecule has 0 aliphatic carbocycles. The molecule has 0 spiro atoms. The second kappa shape index (κ2) is 44.2. The molecule has 0 fully saturated rings. The molecule has 0 unspecified atom stereocenters. The molecule has 0 bridgehead atoms. The molecule has 0 saturated carbocycles. The zero-order valence-electron chi connectivity index (χ0n) is 46.5. The van der Waals surface area contributed by atoms with Crippen LogP contribution in [0.25, 0.3) is 11.1 Å². The topological polar surface area (TPSA) is 159 Å². The van der Waals surface area contributed by atoms with Gasteiger partial charge in [-0.1, -0.05) is 193 Å². The third-order valence-corrected chi connectivity index (χ3v) is 12.0. The van der Waals surface area contributed by atoms with Crippen LogP contribution in [-0.2, 0) is 65.9 Å². The van der Waals surface area contributed by atoms with Crippen LogP contribution in [0.5, 0.6) is 17.2 Å². The number of carbonyl (C=O) groups is 5. The minimum Gasteiger partial charge on any atom is -0.490 e. The quantitative estimate of drug-likeness (QED) is 0.0132. The molecular weight excluding hydrogens is 1050 g/mol. The highest BCUT2D eigenvalue weighted by molar-refractivity contribution is 5.87. The van der Waals surface area contributed by atoms with Gasteiger partial charge in [-0.25, -0.2) is 24.0 Å². The fourth-order valence-electron chi connectivity index (χ4n) is 7.29. The van der Waals surface area contributed by atoms with E-state index in [4.69, 9.17) is 37.9 Å². The van der Waals surface area contributed by atoms with E-state index in [1.807, 2.05) is 78.9 Å². The average Bonchev–Trinajstić information content (AvgIpc) is 3.61. The SMILES string of the molecule is C.C.C.C.C=C(C)C(=O)OCOc1ccc(C(C)(C)c2ccc(OCOC(=O)C(=C)C)cc2)cc1.C=CC(=O)OCCCCCCc1ccc(-c2ccc(CCCCCCOC(=O)C=C)cc2)cc1.C=CC(=O)OCCOc1ccccc1. The van der Waals surface area contributed by atoms with Crippen LogP contribution in [0, 0.1) is 0 Å². The van der Waals surface area contributed by atoms with E-state index in [1.165, 1.54) is 34.4 Å². The number of hydrogen-bond acceptors (Lipinski definition) is 13. The molecule has 13 nitrogen and oxygen atoms in total. The second-order valence-corrected chi connectivity index (χ2v) is 18.6. The lowest BCUT2D eigenvalue weighted by molar-refractivity contribution is -0.146. The lowest BCUT2D eigenvalue weighted by Gasteiger charge is -2.26. The predicted octanol–water partition coefficient (Wildman–Crippen LogP) is 16.3. The van der Waals surface area contributed by atoms with Gasteiger partial charge >= 0.3 is 29.8 Å². The number of benzene rings is 5. The van der Waals surface area contributed by atoms with Crippen molar-refractivity contribution in [1.29, 1.82) is 0 Å². The van der Waals surface area contributed by atoms with Gasteiger partial charge in [0.1, 0.15) is 30.5 Å². The molecule has 0 atom stereocenters. The maximum Gasteiger partial charge on any atom is 0.335 e. The van der Waals surface area contributed by atoms with Gasteiger partial charge in [0, 0.05) is 34.8 Å². The second-order valence-electron chi connectivity index (χ2n) is 18.6. The summed E-state index contributed by atoms with van der Waals surface area (Å²) in [5.74, 6) is -0.120. The summed E-state index contributed by atoms with van der Waals surface area (Å²) in [6.45, 7) is 25.7. The Labute approximate surface area is 497 Å². The Morgan fingerprint density at radius 3 is 1.08 bits per heavy atom. The van der Waals surface area contributed by atoms with Gasteiger partial charge in [0.2, 0.25) is 13.6 Å². The van der Waals surface area contributed by atoms with Gasteiger partial charge in [-0.2, -0.15) is 0 Å². The number of aryl methyl sites for hydroxylation is 2. The summed E-state index contributed by atoms with van der Waals surface area (Å²) in [6, 6.07) is 42.3. The van der Waals surface area contributed by atoms with Crippen molar-refractivity contribution in [2.24, 2.45) is 0 Å². The monoisotopic (exact) mass is 1140 g/mol. The zero-order chi connectivity index (χ0) is 57.7. The van der Waals surface area contributed by atoms with E-state index in [0.717, 1.165) is 87.2 Å². The van der Waals surface area contributed by atoms with Crippen molar-refractivity contribution in [2.45, 2.75) is 127 Å². The largest absolute Gasteiger partial charge is 0.490 e. The van der Waals surface area contributed by atoms with Crippen LogP contribution in [-0.4, -0.2) is 69.9 Å². The molecule has 0 aliphatic rings. The number of carbonyl (C=O) groups excluding carboxylic acids is 5. The fraction of sp³-hybridized carbons (Fsp3) is 0.357. The molecule has 0 N–H and O–H groups in total. The Hall–Kier alpha value is -8.45. The molecule has 5 aromatic rings. The summed E-state index contributed by atoms with van der Waals surface area (Å²) in [5.41, 5.74) is 7.76. The van der Waals surface area contributed by atoms with E-state index < -0.39 is 17.9 Å². The van der Waals surface area contributed by atoms with Gasteiger partial charge in [0.25, 0.3) is 0 Å². The Morgan fingerprint density at radius 2 is 0.735 bits per heavy atom. The summed E-state index contributed by atoms with van der Waals surface area (Å²) >= 11 is 0. The van der Waals surface area contributed by atoms with E-state index in [-0.39, 0.29) is 67.3 Å². The first-order chi connectivity index (χ1) is 38.1.